The van der Waals surface area contributed by atoms with Crippen molar-refractivity contribution in [2.24, 2.45) is 0 Å². The molecule has 3 heteroatoms. The van der Waals surface area contributed by atoms with Crippen LogP contribution in [0.25, 0.3) is 0 Å². The van der Waals surface area contributed by atoms with E-state index >= 15 is 0 Å². The Morgan fingerprint density at radius 2 is 2.33 bits per heavy atom. The van der Waals surface area contributed by atoms with Crippen LogP contribution in [0, 0.1) is 0 Å². The van der Waals surface area contributed by atoms with E-state index in [0.29, 0.717) is 12.7 Å². The van der Waals surface area contributed by atoms with E-state index in [1.165, 1.54) is 19.8 Å². The van der Waals surface area contributed by atoms with Crippen molar-refractivity contribution in [3.8, 4) is 0 Å². The van der Waals surface area contributed by atoms with Crippen molar-refractivity contribution in [2.75, 3.05) is 13.2 Å². The van der Waals surface area contributed by atoms with Crippen LogP contribution in [0.4, 0.5) is 0 Å². The molecule has 1 atom stereocenters. The summed E-state index contributed by atoms with van der Waals surface area (Å²) < 4.78 is 9.56. The van der Waals surface area contributed by atoms with E-state index < -0.39 is 0 Å². The average molecular weight is 174 g/mol. The molecule has 72 valence electrons. The Morgan fingerprint density at radius 1 is 1.67 bits per heavy atom. The van der Waals surface area contributed by atoms with Crippen molar-refractivity contribution in [3.63, 3.8) is 0 Å². The molecule has 0 aliphatic carbocycles. The second-order valence-electron chi connectivity index (χ2n) is 2.75. The quantitative estimate of drug-likeness (QED) is 0.568. The van der Waals surface area contributed by atoms with Crippen LogP contribution in [0.1, 0.15) is 33.6 Å². The highest BCUT2D eigenvalue weighted by Crippen LogP contribution is 2.09. The lowest BCUT2D eigenvalue weighted by molar-refractivity contribution is -0.140. The van der Waals surface area contributed by atoms with Crippen LogP contribution in [-0.2, 0) is 14.3 Å². The molecule has 1 unspecified atom stereocenters. The van der Waals surface area contributed by atoms with Crippen LogP contribution >= 0.6 is 0 Å². The zero-order valence-corrected chi connectivity index (χ0v) is 8.13. The standard InChI is InChI=1S/C5H10O.C4H8O2/c1-5-3-2-4-6-5;1-3-6-4(2)5/h5H,2-4H2,1H3;3H2,1-2H3. The normalized spacial score (nSPS) is 21.1. The van der Waals surface area contributed by atoms with Crippen LogP contribution < -0.4 is 0 Å². The molecule has 0 radical (unpaired) electrons. The molecule has 12 heavy (non-hydrogen) atoms. The lowest BCUT2D eigenvalue weighted by atomic mass is 10.3. The highest BCUT2D eigenvalue weighted by atomic mass is 16.5. The highest BCUT2D eigenvalue weighted by Gasteiger charge is 2.07. The Hall–Kier alpha value is -0.570. The Bertz CT molecular complexity index is 117. The molecule has 0 N–H and O–H groups in total. The molecule has 0 aromatic heterocycles. The van der Waals surface area contributed by atoms with Gasteiger partial charge >= 0.3 is 5.97 Å². The third kappa shape index (κ3) is 7.54. The van der Waals surface area contributed by atoms with Crippen LogP contribution in [0.15, 0.2) is 0 Å². The van der Waals surface area contributed by atoms with Crippen LogP contribution in [0.2, 0.25) is 0 Å². The van der Waals surface area contributed by atoms with E-state index in [4.69, 9.17) is 4.74 Å². The molecule has 1 fully saturated rings. The number of rotatable bonds is 1. The molecule has 3 nitrogen and oxygen atoms in total. The molecule has 0 aromatic carbocycles. The predicted molar refractivity (Wildman–Crippen MR) is 47.0 cm³/mol. The van der Waals surface area contributed by atoms with Gasteiger partial charge in [0, 0.05) is 13.5 Å². The molecule has 0 bridgehead atoms. The molecule has 0 spiro atoms. The van der Waals surface area contributed by atoms with Gasteiger partial charge < -0.3 is 9.47 Å². The Kier molecular flexibility index (Phi) is 6.76. The van der Waals surface area contributed by atoms with Gasteiger partial charge in [0.05, 0.1) is 12.7 Å². The van der Waals surface area contributed by atoms with E-state index in [-0.39, 0.29) is 5.97 Å². The molecule has 1 heterocycles. The number of ether oxygens (including phenoxy) is 2. The first-order chi connectivity index (χ1) is 5.66. The number of esters is 1. The lowest BCUT2D eigenvalue weighted by Crippen LogP contribution is -1.95. The van der Waals surface area contributed by atoms with E-state index in [0.717, 1.165) is 6.61 Å². The van der Waals surface area contributed by atoms with Crippen LogP contribution in [0.5, 0.6) is 0 Å². The summed E-state index contributed by atoms with van der Waals surface area (Å²) in [6, 6.07) is 0. The van der Waals surface area contributed by atoms with Gasteiger partial charge in [-0.1, -0.05) is 0 Å². The van der Waals surface area contributed by atoms with E-state index in [1.807, 2.05) is 0 Å². The summed E-state index contributed by atoms with van der Waals surface area (Å²) in [5.74, 6) is -0.211. The minimum absolute atomic E-state index is 0.211. The summed E-state index contributed by atoms with van der Waals surface area (Å²) in [6.07, 6.45) is 3.08. The highest BCUT2D eigenvalue weighted by molar-refractivity contribution is 5.65. The van der Waals surface area contributed by atoms with Gasteiger partial charge in [0.2, 0.25) is 0 Å². The summed E-state index contributed by atoms with van der Waals surface area (Å²) >= 11 is 0. The molecular formula is C9H18O3. The van der Waals surface area contributed by atoms with Crippen molar-refractivity contribution in [1.82, 2.24) is 0 Å². The van der Waals surface area contributed by atoms with Crippen molar-refractivity contribution in [2.45, 2.75) is 39.7 Å². The van der Waals surface area contributed by atoms with E-state index in [1.54, 1.807) is 6.92 Å². The summed E-state index contributed by atoms with van der Waals surface area (Å²) in [4.78, 5) is 9.82. The Labute approximate surface area is 74.0 Å². The summed E-state index contributed by atoms with van der Waals surface area (Å²) in [5.41, 5.74) is 0. The molecule has 1 aliphatic rings. The minimum atomic E-state index is -0.211. The lowest BCUT2D eigenvalue weighted by Gasteiger charge is -1.94. The third-order valence-electron chi connectivity index (χ3n) is 1.50. The van der Waals surface area contributed by atoms with Crippen LogP contribution in [-0.4, -0.2) is 25.3 Å². The molecule has 1 rings (SSSR count). The van der Waals surface area contributed by atoms with Crippen molar-refractivity contribution >= 4 is 5.97 Å². The van der Waals surface area contributed by atoms with Crippen molar-refractivity contribution in [1.29, 1.82) is 0 Å². The van der Waals surface area contributed by atoms with Crippen LogP contribution in [0.3, 0.4) is 0 Å². The third-order valence-corrected chi connectivity index (χ3v) is 1.50. The van der Waals surface area contributed by atoms with Gasteiger partial charge in [0.15, 0.2) is 0 Å². The zero-order valence-electron chi connectivity index (χ0n) is 8.13. The fourth-order valence-corrected chi connectivity index (χ4v) is 0.942. The van der Waals surface area contributed by atoms with Gasteiger partial charge in [0.1, 0.15) is 0 Å². The SMILES string of the molecule is CC1CCCO1.CCOC(C)=O. The number of carbonyl (C=O) groups excluding carboxylic acids is 1. The van der Waals surface area contributed by atoms with Gasteiger partial charge in [-0.2, -0.15) is 0 Å². The summed E-state index contributed by atoms with van der Waals surface area (Å²) in [7, 11) is 0. The molecular weight excluding hydrogens is 156 g/mol. The molecule has 0 saturated carbocycles. The summed E-state index contributed by atoms with van der Waals surface area (Å²) in [5, 5.41) is 0. The Balaban J connectivity index is 0.000000202. The van der Waals surface area contributed by atoms with Gasteiger partial charge in [-0.3, -0.25) is 4.79 Å². The fourth-order valence-electron chi connectivity index (χ4n) is 0.942. The number of carbonyl (C=O) groups is 1. The maximum atomic E-state index is 9.82. The van der Waals surface area contributed by atoms with E-state index in [2.05, 4.69) is 11.7 Å². The molecule has 0 aromatic rings. The smallest absolute Gasteiger partial charge is 0.302 e. The monoisotopic (exact) mass is 174 g/mol. The van der Waals surface area contributed by atoms with Gasteiger partial charge in [0.25, 0.3) is 0 Å². The number of hydrogen-bond donors (Lipinski definition) is 0. The largest absolute Gasteiger partial charge is 0.466 e. The second-order valence-corrected chi connectivity index (χ2v) is 2.75. The molecule has 1 saturated heterocycles. The predicted octanol–water partition coefficient (Wildman–Crippen LogP) is 1.75. The first kappa shape index (κ1) is 11.4. The van der Waals surface area contributed by atoms with Crippen molar-refractivity contribution in [3.05, 3.63) is 0 Å². The number of hydrogen-bond acceptors (Lipinski definition) is 3. The van der Waals surface area contributed by atoms with Crippen molar-refractivity contribution < 1.29 is 14.3 Å². The molecule has 1 aliphatic heterocycles. The first-order valence-electron chi connectivity index (χ1n) is 4.41. The zero-order chi connectivity index (χ0) is 9.40. The molecule has 0 amide bonds. The van der Waals surface area contributed by atoms with Gasteiger partial charge in [-0.05, 0) is 26.7 Å². The second kappa shape index (κ2) is 7.10. The maximum absolute atomic E-state index is 9.82. The minimum Gasteiger partial charge on any atom is -0.466 e. The Morgan fingerprint density at radius 3 is 2.42 bits per heavy atom. The summed E-state index contributed by atoms with van der Waals surface area (Å²) in [6.45, 7) is 6.76. The van der Waals surface area contributed by atoms with Gasteiger partial charge in [-0.15, -0.1) is 0 Å². The van der Waals surface area contributed by atoms with E-state index in [9.17, 15) is 4.79 Å². The first-order valence-corrected chi connectivity index (χ1v) is 4.41. The average Bonchev–Trinajstić information content (AvgIpc) is 2.40. The maximum Gasteiger partial charge on any atom is 0.302 e. The van der Waals surface area contributed by atoms with Gasteiger partial charge in [-0.25, -0.2) is 0 Å². The fraction of sp³-hybridized carbons (Fsp3) is 0.889. The topological polar surface area (TPSA) is 35.5 Å².